The Kier molecular flexibility index (Phi) is 4.47. The molecule has 1 aliphatic heterocycles. The molecular formula is C13H10ClNO3S2. The van der Waals surface area contributed by atoms with E-state index in [1.807, 2.05) is 0 Å². The molecule has 1 saturated heterocycles. The van der Waals surface area contributed by atoms with Gasteiger partial charge in [0.2, 0.25) is 0 Å². The second kappa shape index (κ2) is 5.95. The molecule has 7 heteroatoms. The molecule has 2 rings (SSSR count). The van der Waals surface area contributed by atoms with Crippen LogP contribution in [0.2, 0.25) is 5.02 Å². The normalized spacial score (nSPS) is 18.7. The van der Waals surface area contributed by atoms with E-state index in [1.165, 1.54) is 6.92 Å². The summed E-state index contributed by atoms with van der Waals surface area (Å²) in [6.45, 7) is 1.43. The lowest BCUT2D eigenvalue weighted by atomic mass is 10.2. The summed E-state index contributed by atoms with van der Waals surface area (Å²) in [5, 5.41) is 9.59. The van der Waals surface area contributed by atoms with Crippen LogP contribution in [0.4, 0.5) is 0 Å². The summed E-state index contributed by atoms with van der Waals surface area (Å²) >= 11 is 12.0. The van der Waals surface area contributed by atoms with Gasteiger partial charge in [-0.2, -0.15) is 0 Å². The first-order valence-electron chi connectivity index (χ1n) is 5.65. The van der Waals surface area contributed by atoms with Gasteiger partial charge < -0.3 is 5.11 Å². The van der Waals surface area contributed by atoms with Crippen molar-refractivity contribution in [3.05, 3.63) is 39.8 Å². The number of benzene rings is 1. The molecule has 1 aliphatic rings. The van der Waals surface area contributed by atoms with Crippen LogP contribution in [0.25, 0.3) is 6.08 Å². The summed E-state index contributed by atoms with van der Waals surface area (Å²) < 4.78 is 0.255. The molecule has 1 atom stereocenters. The first kappa shape index (κ1) is 15.0. The van der Waals surface area contributed by atoms with Crippen molar-refractivity contribution in [2.45, 2.75) is 13.0 Å². The van der Waals surface area contributed by atoms with Crippen molar-refractivity contribution >= 4 is 57.9 Å². The van der Waals surface area contributed by atoms with Crippen LogP contribution < -0.4 is 0 Å². The molecule has 1 N–H and O–H groups in total. The van der Waals surface area contributed by atoms with Crippen LogP contribution in [0.3, 0.4) is 0 Å². The van der Waals surface area contributed by atoms with E-state index in [-0.39, 0.29) is 10.2 Å². The summed E-state index contributed by atoms with van der Waals surface area (Å²) in [5.74, 6) is -1.47. The third kappa shape index (κ3) is 3.03. The molecule has 0 bridgehead atoms. The number of carboxylic acid groups (broad SMARTS) is 1. The summed E-state index contributed by atoms with van der Waals surface area (Å²) in [5.41, 5.74) is 0.804. The lowest BCUT2D eigenvalue weighted by Crippen LogP contribution is -2.41. The SMILES string of the molecule is C[C@@H](C(=O)O)N1C(=O)C(=Cc2ccc(Cl)cc2)SC1=S. The largest absolute Gasteiger partial charge is 0.480 e. The molecule has 0 aliphatic carbocycles. The fourth-order valence-electron chi connectivity index (χ4n) is 1.63. The van der Waals surface area contributed by atoms with E-state index in [2.05, 4.69) is 0 Å². The lowest BCUT2D eigenvalue weighted by Gasteiger charge is -2.18. The van der Waals surface area contributed by atoms with Crippen molar-refractivity contribution in [1.82, 2.24) is 4.90 Å². The number of hydrogen-bond donors (Lipinski definition) is 1. The monoisotopic (exact) mass is 327 g/mol. The van der Waals surface area contributed by atoms with Crippen LogP contribution >= 0.6 is 35.6 Å². The Morgan fingerprint density at radius 1 is 1.45 bits per heavy atom. The molecule has 20 heavy (non-hydrogen) atoms. The van der Waals surface area contributed by atoms with Crippen LogP contribution in [0, 0.1) is 0 Å². The Morgan fingerprint density at radius 3 is 2.60 bits per heavy atom. The van der Waals surface area contributed by atoms with Crippen LogP contribution in [0.15, 0.2) is 29.2 Å². The topological polar surface area (TPSA) is 57.6 Å². The molecule has 0 aromatic heterocycles. The van der Waals surface area contributed by atoms with E-state index >= 15 is 0 Å². The standard InChI is InChI=1S/C13H10ClNO3S2/c1-7(12(17)18)15-11(16)10(20-13(15)19)6-8-2-4-9(14)5-3-8/h2-7H,1H3,(H,17,18)/t7-/m0/s1. The second-order valence-corrected chi connectivity index (χ2v) is 6.23. The Hall–Kier alpha value is -1.37. The number of halogens is 1. The molecule has 1 aromatic rings. The molecule has 0 spiro atoms. The fraction of sp³-hybridized carbons (Fsp3) is 0.154. The molecular weight excluding hydrogens is 318 g/mol. The summed E-state index contributed by atoms with van der Waals surface area (Å²) in [7, 11) is 0. The average Bonchev–Trinajstić information content (AvgIpc) is 2.66. The number of amides is 1. The maximum atomic E-state index is 12.2. The van der Waals surface area contributed by atoms with Gasteiger partial charge in [0.1, 0.15) is 10.4 Å². The number of rotatable bonds is 3. The van der Waals surface area contributed by atoms with Gasteiger partial charge in [-0.25, -0.2) is 4.79 Å². The number of nitrogens with zero attached hydrogens (tertiary/aromatic N) is 1. The highest BCUT2D eigenvalue weighted by atomic mass is 35.5. The number of thiocarbonyl (C=S) groups is 1. The van der Waals surface area contributed by atoms with Gasteiger partial charge in [-0.05, 0) is 30.7 Å². The Balaban J connectivity index is 2.28. The van der Waals surface area contributed by atoms with Crippen molar-refractivity contribution in [3.63, 3.8) is 0 Å². The minimum absolute atomic E-state index is 0.255. The van der Waals surface area contributed by atoms with Gasteiger partial charge in [0.05, 0.1) is 4.91 Å². The van der Waals surface area contributed by atoms with Gasteiger partial charge in [0.15, 0.2) is 0 Å². The minimum atomic E-state index is -1.09. The summed E-state index contributed by atoms with van der Waals surface area (Å²) in [6, 6.07) is 6.01. The van der Waals surface area contributed by atoms with Gasteiger partial charge >= 0.3 is 5.97 Å². The minimum Gasteiger partial charge on any atom is -0.480 e. The van der Waals surface area contributed by atoms with Crippen molar-refractivity contribution in [2.24, 2.45) is 0 Å². The highest BCUT2D eigenvalue weighted by Gasteiger charge is 2.38. The highest BCUT2D eigenvalue weighted by molar-refractivity contribution is 8.26. The highest BCUT2D eigenvalue weighted by Crippen LogP contribution is 2.34. The van der Waals surface area contributed by atoms with Crippen molar-refractivity contribution in [2.75, 3.05) is 0 Å². The van der Waals surface area contributed by atoms with Crippen LogP contribution in [-0.4, -0.2) is 32.2 Å². The van der Waals surface area contributed by atoms with Gasteiger partial charge in [0.25, 0.3) is 5.91 Å². The maximum Gasteiger partial charge on any atom is 0.326 e. The van der Waals surface area contributed by atoms with E-state index in [4.69, 9.17) is 28.9 Å². The van der Waals surface area contributed by atoms with Crippen LogP contribution in [0.1, 0.15) is 12.5 Å². The number of hydrogen-bond acceptors (Lipinski definition) is 4. The predicted octanol–water partition coefficient (Wildman–Crippen LogP) is 3.01. The van der Waals surface area contributed by atoms with E-state index < -0.39 is 12.0 Å². The van der Waals surface area contributed by atoms with E-state index in [0.717, 1.165) is 22.2 Å². The smallest absolute Gasteiger partial charge is 0.326 e. The molecule has 0 radical (unpaired) electrons. The van der Waals surface area contributed by atoms with Crippen LogP contribution in [-0.2, 0) is 9.59 Å². The predicted molar refractivity (Wildman–Crippen MR) is 83.6 cm³/mol. The molecule has 104 valence electrons. The van der Waals surface area contributed by atoms with Crippen LogP contribution in [0.5, 0.6) is 0 Å². The van der Waals surface area contributed by atoms with E-state index in [0.29, 0.717) is 9.93 Å². The molecule has 1 fully saturated rings. The number of carbonyl (C=O) groups is 2. The first-order chi connectivity index (χ1) is 9.40. The first-order valence-corrected chi connectivity index (χ1v) is 7.26. The van der Waals surface area contributed by atoms with Gasteiger partial charge in [-0.15, -0.1) is 0 Å². The van der Waals surface area contributed by atoms with Crippen molar-refractivity contribution < 1.29 is 14.7 Å². The molecule has 1 amide bonds. The van der Waals surface area contributed by atoms with Crippen molar-refractivity contribution in [1.29, 1.82) is 0 Å². The number of thioether (sulfide) groups is 1. The Morgan fingerprint density at radius 2 is 2.05 bits per heavy atom. The Labute approximate surface area is 130 Å². The summed E-state index contributed by atoms with van der Waals surface area (Å²) in [6.07, 6.45) is 1.67. The second-order valence-electron chi connectivity index (χ2n) is 4.12. The molecule has 1 heterocycles. The average molecular weight is 328 g/mol. The van der Waals surface area contributed by atoms with Gasteiger partial charge in [-0.1, -0.05) is 47.7 Å². The quantitative estimate of drug-likeness (QED) is 0.683. The molecule has 0 unspecified atom stereocenters. The van der Waals surface area contributed by atoms with Gasteiger partial charge in [-0.3, -0.25) is 9.69 Å². The molecule has 4 nitrogen and oxygen atoms in total. The fourth-order valence-corrected chi connectivity index (χ4v) is 3.18. The number of carboxylic acids is 1. The van der Waals surface area contributed by atoms with E-state index in [1.54, 1.807) is 30.3 Å². The zero-order valence-electron chi connectivity index (χ0n) is 10.4. The third-order valence-corrected chi connectivity index (χ3v) is 4.32. The number of carbonyl (C=O) groups excluding carboxylic acids is 1. The lowest BCUT2D eigenvalue weighted by molar-refractivity contribution is -0.144. The van der Waals surface area contributed by atoms with E-state index in [9.17, 15) is 9.59 Å². The molecule has 1 aromatic carbocycles. The zero-order valence-corrected chi connectivity index (χ0v) is 12.8. The third-order valence-electron chi connectivity index (χ3n) is 2.74. The van der Waals surface area contributed by atoms with Crippen molar-refractivity contribution in [3.8, 4) is 0 Å². The zero-order chi connectivity index (χ0) is 14.9. The number of aliphatic carboxylic acids is 1. The maximum absolute atomic E-state index is 12.2. The molecule has 0 saturated carbocycles. The van der Waals surface area contributed by atoms with Gasteiger partial charge in [0, 0.05) is 5.02 Å². The Bertz CT molecular complexity index is 613. The summed E-state index contributed by atoms with van der Waals surface area (Å²) in [4.78, 5) is 24.7.